The first kappa shape index (κ1) is 18.7. The van der Waals surface area contributed by atoms with Gasteiger partial charge < -0.3 is 4.42 Å². The van der Waals surface area contributed by atoms with Gasteiger partial charge in [-0.05, 0) is 35.6 Å². The van der Waals surface area contributed by atoms with Gasteiger partial charge in [-0.15, -0.1) is 21.5 Å². The molecule has 0 saturated heterocycles. The molecule has 0 bridgehead atoms. The van der Waals surface area contributed by atoms with E-state index < -0.39 is 0 Å². The van der Waals surface area contributed by atoms with Crippen LogP contribution in [0.1, 0.15) is 28.1 Å². The van der Waals surface area contributed by atoms with Crippen molar-refractivity contribution >= 4 is 28.9 Å². The van der Waals surface area contributed by atoms with Gasteiger partial charge in [0.2, 0.25) is 5.82 Å². The summed E-state index contributed by atoms with van der Waals surface area (Å²) in [5.74, 6) is 2.43. The predicted molar refractivity (Wildman–Crippen MR) is 112 cm³/mol. The first-order chi connectivity index (χ1) is 13.8. The number of thiophene rings is 1. The molecule has 0 amide bonds. The Morgan fingerprint density at radius 3 is 2.71 bits per heavy atom. The second kappa shape index (κ2) is 9.03. The lowest BCUT2D eigenvalue weighted by Crippen LogP contribution is -2.04. The van der Waals surface area contributed by atoms with E-state index in [-0.39, 0.29) is 5.78 Å². The third kappa shape index (κ3) is 4.43. The predicted octanol–water partition coefficient (Wildman–Crippen LogP) is 5.40. The Bertz CT molecular complexity index is 1010. The topological polar surface area (TPSA) is 60.9 Å². The van der Waals surface area contributed by atoms with E-state index in [1.54, 1.807) is 18.0 Å². The molecule has 4 aromatic rings. The number of nitrogens with zero attached hydrogens (tertiary/aromatic N) is 3. The maximum absolute atomic E-state index is 12.1. The number of carbonyl (C=O) groups is 1. The van der Waals surface area contributed by atoms with Gasteiger partial charge in [-0.25, -0.2) is 0 Å². The van der Waals surface area contributed by atoms with Gasteiger partial charge in [0, 0.05) is 12.2 Å². The van der Waals surface area contributed by atoms with E-state index in [4.69, 9.17) is 4.42 Å². The molecule has 0 aliphatic rings. The number of carbonyl (C=O) groups excluding carboxylic acids is 1. The number of rotatable bonds is 9. The van der Waals surface area contributed by atoms with Crippen LogP contribution in [0.3, 0.4) is 0 Å². The van der Waals surface area contributed by atoms with E-state index >= 15 is 0 Å². The van der Waals surface area contributed by atoms with Crippen molar-refractivity contribution in [3.63, 3.8) is 0 Å². The van der Waals surface area contributed by atoms with Gasteiger partial charge in [0.25, 0.3) is 0 Å². The third-order valence-corrected chi connectivity index (χ3v) is 6.18. The molecular weight excluding hydrogens is 390 g/mol. The highest BCUT2D eigenvalue weighted by molar-refractivity contribution is 7.99. The number of hydrogen-bond acceptors (Lipinski definition) is 6. The number of ketones is 1. The molecule has 0 fully saturated rings. The van der Waals surface area contributed by atoms with Gasteiger partial charge in [0.1, 0.15) is 0 Å². The standard InChI is InChI=1S/C21H19N3O2S2/c25-17(19-11-6-13-27-19)9-5-14-28-21-23-22-20(18-10-4-12-26-18)24(21)15-16-7-2-1-3-8-16/h1-4,6-8,10-13H,5,9,14-15H2. The average molecular weight is 410 g/mol. The van der Waals surface area contributed by atoms with Gasteiger partial charge in [-0.1, -0.05) is 48.2 Å². The molecule has 3 heterocycles. The van der Waals surface area contributed by atoms with E-state index in [0.717, 1.165) is 22.2 Å². The molecule has 142 valence electrons. The molecule has 0 N–H and O–H groups in total. The lowest BCUT2D eigenvalue weighted by molar-refractivity contribution is 0.0986. The fourth-order valence-corrected chi connectivity index (χ4v) is 4.42. The molecular formula is C21H19N3O2S2. The Morgan fingerprint density at radius 1 is 1.07 bits per heavy atom. The fraction of sp³-hybridized carbons (Fsp3) is 0.190. The molecule has 0 saturated carbocycles. The molecule has 0 spiro atoms. The van der Waals surface area contributed by atoms with Crippen LogP contribution in [0.25, 0.3) is 11.6 Å². The van der Waals surface area contributed by atoms with Crippen LogP contribution < -0.4 is 0 Å². The van der Waals surface area contributed by atoms with E-state index in [0.29, 0.717) is 24.6 Å². The van der Waals surface area contributed by atoms with Gasteiger partial charge in [-0.3, -0.25) is 9.36 Å². The van der Waals surface area contributed by atoms with Crippen molar-refractivity contribution < 1.29 is 9.21 Å². The van der Waals surface area contributed by atoms with Crippen LogP contribution in [0.15, 0.2) is 75.8 Å². The molecule has 1 aromatic carbocycles. The van der Waals surface area contributed by atoms with E-state index in [2.05, 4.69) is 26.9 Å². The Labute approximate surface area is 171 Å². The zero-order valence-electron chi connectivity index (χ0n) is 15.2. The summed E-state index contributed by atoms with van der Waals surface area (Å²) in [5.41, 5.74) is 1.17. The maximum Gasteiger partial charge on any atom is 0.200 e. The summed E-state index contributed by atoms with van der Waals surface area (Å²) in [4.78, 5) is 13.0. The minimum atomic E-state index is 0.206. The summed E-state index contributed by atoms with van der Waals surface area (Å²) < 4.78 is 7.60. The van der Waals surface area contributed by atoms with E-state index in [1.807, 2.05) is 47.8 Å². The molecule has 4 rings (SSSR count). The van der Waals surface area contributed by atoms with Crippen molar-refractivity contribution in [3.8, 4) is 11.6 Å². The van der Waals surface area contributed by atoms with Crippen molar-refractivity contribution in [2.24, 2.45) is 0 Å². The smallest absolute Gasteiger partial charge is 0.200 e. The number of hydrogen-bond donors (Lipinski definition) is 0. The fourth-order valence-electron chi connectivity index (χ4n) is 2.85. The molecule has 0 radical (unpaired) electrons. The zero-order valence-corrected chi connectivity index (χ0v) is 16.8. The summed E-state index contributed by atoms with van der Waals surface area (Å²) in [7, 11) is 0. The van der Waals surface area contributed by atoms with Crippen molar-refractivity contribution in [2.45, 2.75) is 24.5 Å². The first-order valence-corrected chi connectivity index (χ1v) is 10.9. The highest BCUT2D eigenvalue weighted by Crippen LogP contribution is 2.26. The summed E-state index contributed by atoms with van der Waals surface area (Å²) in [5, 5.41) is 11.5. The maximum atomic E-state index is 12.1. The highest BCUT2D eigenvalue weighted by atomic mass is 32.2. The first-order valence-electron chi connectivity index (χ1n) is 9.02. The SMILES string of the molecule is O=C(CCCSc1nnc(-c2ccco2)n1Cc1ccccc1)c1cccs1. The van der Waals surface area contributed by atoms with Crippen molar-refractivity contribution in [2.75, 3.05) is 5.75 Å². The van der Waals surface area contributed by atoms with Crippen LogP contribution >= 0.6 is 23.1 Å². The largest absolute Gasteiger partial charge is 0.461 e. The van der Waals surface area contributed by atoms with Gasteiger partial charge in [0.15, 0.2) is 16.7 Å². The van der Waals surface area contributed by atoms with Gasteiger partial charge in [0.05, 0.1) is 17.7 Å². The lowest BCUT2D eigenvalue weighted by atomic mass is 10.2. The average Bonchev–Trinajstić information content (AvgIpc) is 3.48. The minimum Gasteiger partial charge on any atom is -0.461 e. The number of furan rings is 1. The molecule has 3 aromatic heterocycles. The van der Waals surface area contributed by atoms with Crippen LogP contribution in [0.5, 0.6) is 0 Å². The molecule has 0 unspecified atom stereocenters. The zero-order chi connectivity index (χ0) is 19.2. The summed E-state index contributed by atoms with van der Waals surface area (Å²) in [6.07, 6.45) is 2.99. The van der Waals surface area contributed by atoms with Crippen LogP contribution in [0.2, 0.25) is 0 Å². The monoisotopic (exact) mass is 409 g/mol. The minimum absolute atomic E-state index is 0.206. The van der Waals surface area contributed by atoms with Crippen molar-refractivity contribution in [1.82, 2.24) is 14.8 Å². The molecule has 0 aliphatic heterocycles. The Balaban J connectivity index is 1.45. The molecule has 0 atom stereocenters. The number of aromatic nitrogens is 3. The summed E-state index contributed by atoms with van der Waals surface area (Å²) >= 11 is 3.12. The van der Waals surface area contributed by atoms with Crippen LogP contribution in [0, 0.1) is 0 Å². The molecule has 28 heavy (non-hydrogen) atoms. The van der Waals surface area contributed by atoms with E-state index in [9.17, 15) is 4.79 Å². The van der Waals surface area contributed by atoms with Crippen LogP contribution in [0.4, 0.5) is 0 Å². The van der Waals surface area contributed by atoms with Crippen LogP contribution in [-0.2, 0) is 6.54 Å². The molecule has 7 heteroatoms. The van der Waals surface area contributed by atoms with Crippen molar-refractivity contribution in [3.05, 3.63) is 76.7 Å². The number of Topliss-reactive ketones (excluding diaryl/α,β-unsaturated/α-hetero) is 1. The second-order valence-corrected chi connectivity index (χ2v) is 8.22. The highest BCUT2D eigenvalue weighted by Gasteiger charge is 2.17. The Hall–Kier alpha value is -2.64. The lowest BCUT2D eigenvalue weighted by Gasteiger charge is -2.09. The van der Waals surface area contributed by atoms with Gasteiger partial charge in [-0.2, -0.15) is 0 Å². The van der Waals surface area contributed by atoms with Crippen molar-refractivity contribution in [1.29, 1.82) is 0 Å². The Morgan fingerprint density at radius 2 is 1.96 bits per heavy atom. The summed E-state index contributed by atoms with van der Waals surface area (Å²) in [6, 6.07) is 17.7. The quantitative estimate of drug-likeness (QED) is 0.210. The summed E-state index contributed by atoms with van der Waals surface area (Å²) in [6.45, 7) is 0.667. The second-order valence-electron chi connectivity index (χ2n) is 6.21. The normalized spacial score (nSPS) is 11.0. The van der Waals surface area contributed by atoms with Crippen LogP contribution in [-0.4, -0.2) is 26.3 Å². The van der Waals surface area contributed by atoms with E-state index in [1.165, 1.54) is 16.9 Å². The third-order valence-electron chi connectivity index (χ3n) is 4.22. The molecule has 5 nitrogen and oxygen atoms in total. The van der Waals surface area contributed by atoms with Gasteiger partial charge >= 0.3 is 0 Å². The number of thioether (sulfide) groups is 1. The Kier molecular flexibility index (Phi) is 6.04. The number of benzene rings is 1. The molecule has 0 aliphatic carbocycles.